The number of carbonyl (C=O) groups is 2. The Balaban J connectivity index is 1.50. The van der Waals surface area contributed by atoms with Gasteiger partial charge in [-0.2, -0.15) is 5.10 Å². The Morgan fingerprint density at radius 1 is 1.24 bits per heavy atom. The topological polar surface area (TPSA) is 103 Å². The van der Waals surface area contributed by atoms with Gasteiger partial charge in [0, 0.05) is 30.9 Å². The molecule has 3 heterocycles. The summed E-state index contributed by atoms with van der Waals surface area (Å²) >= 11 is 0. The molecule has 1 aliphatic heterocycles. The number of anilines is 1. The van der Waals surface area contributed by atoms with E-state index in [1.807, 2.05) is 42.2 Å². The van der Waals surface area contributed by atoms with E-state index in [9.17, 15) is 9.59 Å². The second-order valence-corrected chi connectivity index (χ2v) is 7.16. The van der Waals surface area contributed by atoms with Crippen molar-refractivity contribution in [1.29, 1.82) is 0 Å². The van der Waals surface area contributed by atoms with Crippen LogP contribution in [0, 0.1) is 0 Å². The van der Waals surface area contributed by atoms with Crippen molar-refractivity contribution in [2.24, 2.45) is 0 Å². The Morgan fingerprint density at radius 3 is 2.97 bits per heavy atom. The van der Waals surface area contributed by atoms with Crippen LogP contribution in [0.5, 0.6) is 0 Å². The van der Waals surface area contributed by atoms with Gasteiger partial charge in [-0.1, -0.05) is 24.3 Å². The maximum absolute atomic E-state index is 13.1. The lowest BCUT2D eigenvalue weighted by Crippen LogP contribution is -2.39. The van der Waals surface area contributed by atoms with Crippen LogP contribution in [0.2, 0.25) is 0 Å². The summed E-state index contributed by atoms with van der Waals surface area (Å²) < 4.78 is 0. The van der Waals surface area contributed by atoms with Gasteiger partial charge in [-0.15, -0.1) is 0 Å². The SMILES string of the molecule is CCNC(=O)Nc1cn[nH]c1[C@@H]1CCCN(C(=O)c2ccc3ccccc3n2)C1. The third kappa shape index (κ3) is 4.06. The highest BCUT2D eigenvalue weighted by Crippen LogP contribution is 2.31. The number of aromatic nitrogens is 3. The average Bonchev–Trinajstić information content (AvgIpc) is 3.21. The van der Waals surface area contributed by atoms with Crippen LogP contribution in [-0.4, -0.2) is 51.7 Å². The monoisotopic (exact) mass is 392 g/mol. The van der Waals surface area contributed by atoms with Crippen molar-refractivity contribution in [3.8, 4) is 0 Å². The van der Waals surface area contributed by atoms with Gasteiger partial charge < -0.3 is 15.5 Å². The number of amides is 3. The number of pyridine rings is 1. The molecule has 0 saturated carbocycles. The first-order valence-electron chi connectivity index (χ1n) is 9.89. The zero-order valence-electron chi connectivity index (χ0n) is 16.3. The number of benzene rings is 1. The first-order valence-corrected chi connectivity index (χ1v) is 9.89. The Hall–Kier alpha value is -3.42. The number of fused-ring (bicyclic) bond motifs is 1. The van der Waals surface area contributed by atoms with Crippen molar-refractivity contribution < 1.29 is 9.59 Å². The number of aromatic amines is 1. The molecule has 8 heteroatoms. The molecule has 1 aromatic carbocycles. The zero-order valence-corrected chi connectivity index (χ0v) is 16.3. The van der Waals surface area contributed by atoms with Gasteiger partial charge in [0.1, 0.15) is 5.69 Å². The smallest absolute Gasteiger partial charge is 0.319 e. The summed E-state index contributed by atoms with van der Waals surface area (Å²) in [4.78, 5) is 31.3. The molecule has 3 N–H and O–H groups in total. The van der Waals surface area contributed by atoms with Crippen LogP contribution in [0.3, 0.4) is 0 Å². The predicted molar refractivity (Wildman–Crippen MR) is 111 cm³/mol. The lowest BCUT2D eigenvalue weighted by atomic mass is 9.93. The largest absolute Gasteiger partial charge is 0.338 e. The van der Waals surface area contributed by atoms with Gasteiger partial charge in [-0.05, 0) is 31.9 Å². The minimum absolute atomic E-state index is 0.0711. The summed E-state index contributed by atoms with van der Waals surface area (Å²) in [5.41, 5.74) is 2.77. The van der Waals surface area contributed by atoms with Gasteiger partial charge in [0.25, 0.3) is 5.91 Å². The van der Waals surface area contributed by atoms with Crippen molar-refractivity contribution >= 4 is 28.5 Å². The van der Waals surface area contributed by atoms with Crippen LogP contribution in [0.1, 0.15) is 41.9 Å². The number of piperidine rings is 1. The van der Waals surface area contributed by atoms with E-state index in [0.29, 0.717) is 31.0 Å². The molecule has 29 heavy (non-hydrogen) atoms. The standard InChI is InChI=1S/C21H24N6O2/c1-2-22-21(29)25-18-12-23-26-19(18)15-7-5-11-27(13-15)20(28)17-10-9-14-6-3-4-8-16(14)24-17/h3-4,6,8-10,12,15H,2,5,7,11,13H2,1H3,(H,23,26)(H2,22,25,29)/t15-/m1/s1. The third-order valence-electron chi connectivity index (χ3n) is 5.19. The normalized spacial score (nSPS) is 16.6. The van der Waals surface area contributed by atoms with Crippen molar-refractivity contribution in [1.82, 2.24) is 25.4 Å². The Bertz CT molecular complexity index is 1030. The second kappa shape index (κ2) is 8.30. The van der Waals surface area contributed by atoms with Gasteiger partial charge >= 0.3 is 6.03 Å². The first-order chi connectivity index (χ1) is 14.2. The first kappa shape index (κ1) is 18.9. The fourth-order valence-corrected chi connectivity index (χ4v) is 3.78. The molecule has 0 radical (unpaired) electrons. The number of urea groups is 1. The summed E-state index contributed by atoms with van der Waals surface area (Å²) in [5, 5.41) is 13.6. The fraction of sp³-hybridized carbons (Fsp3) is 0.333. The molecule has 0 unspecified atom stereocenters. The van der Waals surface area contributed by atoms with E-state index in [0.717, 1.165) is 29.4 Å². The van der Waals surface area contributed by atoms with Crippen LogP contribution in [-0.2, 0) is 0 Å². The number of rotatable bonds is 4. The van der Waals surface area contributed by atoms with Gasteiger partial charge in [0.15, 0.2) is 0 Å². The highest BCUT2D eigenvalue weighted by atomic mass is 16.2. The maximum Gasteiger partial charge on any atom is 0.319 e. The van der Waals surface area contributed by atoms with Crippen LogP contribution in [0.4, 0.5) is 10.5 Å². The van der Waals surface area contributed by atoms with Crippen LogP contribution >= 0.6 is 0 Å². The minimum atomic E-state index is -0.265. The number of nitrogens with zero attached hydrogens (tertiary/aromatic N) is 3. The number of para-hydroxylation sites is 1. The summed E-state index contributed by atoms with van der Waals surface area (Å²) in [6.07, 6.45) is 3.40. The summed E-state index contributed by atoms with van der Waals surface area (Å²) in [6.45, 7) is 3.65. The molecule has 1 fully saturated rings. The van der Waals surface area contributed by atoms with Crippen LogP contribution in [0.15, 0.2) is 42.6 Å². The van der Waals surface area contributed by atoms with Crippen molar-refractivity contribution in [2.75, 3.05) is 25.0 Å². The Labute approximate surface area is 168 Å². The molecule has 4 rings (SSSR count). The van der Waals surface area contributed by atoms with Crippen molar-refractivity contribution in [3.05, 3.63) is 54.0 Å². The number of carbonyl (C=O) groups excluding carboxylic acids is 2. The summed E-state index contributed by atoms with van der Waals surface area (Å²) in [7, 11) is 0. The lowest BCUT2D eigenvalue weighted by Gasteiger charge is -2.32. The molecule has 150 valence electrons. The predicted octanol–water partition coefficient (Wildman–Crippen LogP) is 3.12. The van der Waals surface area contributed by atoms with Gasteiger partial charge in [-0.3, -0.25) is 9.89 Å². The molecule has 1 saturated heterocycles. The number of H-pyrrole nitrogens is 1. The second-order valence-electron chi connectivity index (χ2n) is 7.16. The van der Waals surface area contributed by atoms with E-state index >= 15 is 0 Å². The van der Waals surface area contributed by atoms with E-state index < -0.39 is 0 Å². The molecule has 0 bridgehead atoms. The van der Waals surface area contributed by atoms with E-state index in [4.69, 9.17) is 0 Å². The van der Waals surface area contributed by atoms with Crippen molar-refractivity contribution in [2.45, 2.75) is 25.7 Å². The van der Waals surface area contributed by atoms with Gasteiger partial charge in [-0.25, -0.2) is 9.78 Å². The number of likely N-dealkylation sites (tertiary alicyclic amines) is 1. The minimum Gasteiger partial charge on any atom is -0.338 e. The molecular weight excluding hydrogens is 368 g/mol. The molecule has 2 aromatic heterocycles. The summed E-state index contributed by atoms with van der Waals surface area (Å²) in [5.74, 6) is 0.00536. The van der Waals surface area contributed by atoms with Crippen LogP contribution in [0.25, 0.3) is 10.9 Å². The highest BCUT2D eigenvalue weighted by Gasteiger charge is 2.29. The zero-order chi connectivity index (χ0) is 20.2. The molecule has 1 atom stereocenters. The van der Waals surface area contributed by atoms with Gasteiger partial charge in [0.05, 0.1) is 23.1 Å². The van der Waals surface area contributed by atoms with Gasteiger partial charge in [0.2, 0.25) is 0 Å². The van der Waals surface area contributed by atoms with E-state index in [2.05, 4.69) is 25.8 Å². The molecule has 1 aliphatic rings. The molecule has 0 spiro atoms. The fourth-order valence-electron chi connectivity index (χ4n) is 3.78. The van der Waals surface area contributed by atoms with E-state index in [1.54, 1.807) is 12.3 Å². The highest BCUT2D eigenvalue weighted by molar-refractivity contribution is 5.95. The maximum atomic E-state index is 13.1. The van der Waals surface area contributed by atoms with E-state index in [1.165, 1.54) is 0 Å². The molecule has 3 aromatic rings. The third-order valence-corrected chi connectivity index (χ3v) is 5.19. The van der Waals surface area contributed by atoms with E-state index in [-0.39, 0.29) is 17.9 Å². The summed E-state index contributed by atoms with van der Waals surface area (Å²) in [6, 6.07) is 11.2. The van der Waals surface area contributed by atoms with Crippen LogP contribution < -0.4 is 10.6 Å². The quantitative estimate of drug-likeness (QED) is 0.635. The molecule has 3 amide bonds. The Kier molecular flexibility index (Phi) is 5.41. The molecular formula is C21H24N6O2. The Morgan fingerprint density at radius 2 is 2.10 bits per heavy atom. The molecule has 8 nitrogen and oxygen atoms in total. The molecule has 0 aliphatic carbocycles. The van der Waals surface area contributed by atoms with Crippen molar-refractivity contribution in [3.63, 3.8) is 0 Å². The average molecular weight is 392 g/mol. The lowest BCUT2D eigenvalue weighted by molar-refractivity contribution is 0.0700. The number of nitrogens with one attached hydrogen (secondary N) is 3. The number of hydrogen-bond donors (Lipinski definition) is 3. The number of hydrogen-bond acceptors (Lipinski definition) is 4.